The van der Waals surface area contributed by atoms with Crippen LogP contribution in [0.4, 0.5) is 5.82 Å². The third-order valence-electron chi connectivity index (χ3n) is 5.66. The summed E-state index contributed by atoms with van der Waals surface area (Å²) in [5, 5.41) is 4.47. The van der Waals surface area contributed by atoms with Gasteiger partial charge in [0.05, 0.1) is 17.0 Å². The van der Waals surface area contributed by atoms with E-state index in [1.807, 2.05) is 13.0 Å². The average molecular weight is 476 g/mol. The van der Waals surface area contributed by atoms with Gasteiger partial charge in [-0.05, 0) is 55.3 Å². The minimum atomic E-state index is -0.302. The number of hydrogen-bond acceptors (Lipinski definition) is 6. The molecule has 4 rings (SSSR count). The number of nitrogens with zero attached hydrogens (tertiary/aromatic N) is 2. The highest BCUT2D eigenvalue weighted by atomic mass is 32.1. The first-order valence-corrected chi connectivity index (χ1v) is 11.5. The molecule has 0 spiro atoms. The van der Waals surface area contributed by atoms with Crippen molar-refractivity contribution in [1.29, 1.82) is 0 Å². The molecule has 4 aromatic rings. The van der Waals surface area contributed by atoms with Crippen LogP contribution in [0.25, 0.3) is 21.0 Å². The van der Waals surface area contributed by atoms with Gasteiger partial charge in [-0.25, -0.2) is 4.98 Å². The van der Waals surface area contributed by atoms with E-state index in [9.17, 15) is 14.4 Å². The molecule has 2 aromatic carbocycles. The molecule has 0 radical (unpaired) electrons. The number of ether oxygens (including phenoxy) is 1. The molecule has 8 heteroatoms. The number of Topliss-reactive ketones (excluding diaryl/α,β-unsaturated/α-hetero) is 1. The van der Waals surface area contributed by atoms with Crippen LogP contribution in [0.2, 0.25) is 0 Å². The Hall–Kier alpha value is -3.62. The van der Waals surface area contributed by atoms with Crippen LogP contribution in [0.5, 0.6) is 0 Å². The Balaban J connectivity index is 1.73. The van der Waals surface area contributed by atoms with Gasteiger partial charge in [0.1, 0.15) is 5.82 Å². The third-order valence-corrected chi connectivity index (χ3v) is 6.98. The number of hydrogen-bond donors (Lipinski definition) is 1. The maximum absolute atomic E-state index is 13.2. The van der Waals surface area contributed by atoms with Gasteiger partial charge in [0, 0.05) is 47.8 Å². The van der Waals surface area contributed by atoms with Gasteiger partial charge < -0.3 is 15.0 Å². The lowest BCUT2D eigenvalue weighted by Gasteiger charge is -2.12. The number of ketones is 1. The van der Waals surface area contributed by atoms with Gasteiger partial charge >= 0.3 is 0 Å². The van der Waals surface area contributed by atoms with Crippen molar-refractivity contribution in [2.75, 3.05) is 26.5 Å². The van der Waals surface area contributed by atoms with E-state index in [-0.39, 0.29) is 17.6 Å². The Bertz CT molecular complexity index is 1460. The van der Waals surface area contributed by atoms with Crippen molar-refractivity contribution in [3.63, 3.8) is 0 Å². The Morgan fingerprint density at radius 3 is 2.50 bits per heavy atom. The monoisotopic (exact) mass is 475 g/mol. The highest BCUT2D eigenvalue weighted by Crippen LogP contribution is 2.37. The van der Waals surface area contributed by atoms with Gasteiger partial charge in [0.2, 0.25) is 0 Å². The molecule has 2 heterocycles. The predicted molar refractivity (Wildman–Crippen MR) is 135 cm³/mol. The fourth-order valence-electron chi connectivity index (χ4n) is 4.03. The molecule has 0 aliphatic carbocycles. The van der Waals surface area contributed by atoms with Gasteiger partial charge in [-0.15, -0.1) is 11.3 Å². The largest absolute Gasteiger partial charge is 0.380 e. The summed E-state index contributed by atoms with van der Waals surface area (Å²) in [6.07, 6.45) is 0. The lowest BCUT2D eigenvalue weighted by atomic mass is 10.0. The van der Waals surface area contributed by atoms with E-state index >= 15 is 0 Å². The Morgan fingerprint density at radius 1 is 1.06 bits per heavy atom. The molecule has 0 unspecified atom stereocenters. The number of carbonyl (C=O) groups is 3. The Kier molecular flexibility index (Phi) is 6.45. The summed E-state index contributed by atoms with van der Waals surface area (Å²) < 4.78 is 6.10. The lowest BCUT2D eigenvalue weighted by Crippen LogP contribution is -2.22. The van der Waals surface area contributed by atoms with E-state index in [1.54, 1.807) is 57.6 Å². The lowest BCUT2D eigenvalue weighted by molar-refractivity contribution is 0.0829. The number of fused-ring (bicyclic) bond motifs is 2. The smallest absolute Gasteiger partial charge is 0.267 e. The Morgan fingerprint density at radius 2 is 1.82 bits per heavy atom. The van der Waals surface area contributed by atoms with Crippen molar-refractivity contribution in [2.45, 2.75) is 20.5 Å². The quantitative estimate of drug-likeness (QED) is 0.394. The molecule has 0 fully saturated rings. The predicted octanol–water partition coefficient (Wildman–Crippen LogP) is 5.06. The van der Waals surface area contributed by atoms with Gasteiger partial charge in [0.15, 0.2) is 5.78 Å². The summed E-state index contributed by atoms with van der Waals surface area (Å²) in [4.78, 5) is 44.5. The number of aryl methyl sites for hydroxylation is 1. The van der Waals surface area contributed by atoms with Crippen molar-refractivity contribution in [1.82, 2.24) is 9.88 Å². The molecule has 2 aromatic heterocycles. The first kappa shape index (κ1) is 23.5. The van der Waals surface area contributed by atoms with Gasteiger partial charge in [-0.1, -0.05) is 12.1 Å². The first-order chi connectivity index (χ1) is 16.2. The fraction of sp³-hybridized carbons (Fsp3) is 0.231. The number of rotatable bonds is 6. The number of amides is 2. The van der Waals surface area contributed by atoms with E-state index in [2.05, 4.69) is 10.3 Å². The van der Waals surface area contributed by atoms with Crippen LogP contribution in [0.3, 0.4) is 0 Å². The van der Waals surface area contributed by atoms with Crippen LogP contribution < -0.4 is 5.32 Å². The van der Waals surface area contributed by atoms with E-state index < -0.39 is 0 Å². The third kappa shape index (κ3) is 4.18. The summed E-state index contributed by atoms with van der Waals surface area (Å²) in [5.41, 5.74) is 3.48. The van der Waals surface area contributed by atoms with Gasteiger partial charge in [0.25, 0.3) is 11.8 Å². The summed E-state index contributed by atoms with van der Waals surface area (Å²) in [7, 11) is 5.02. The zero-order valence-corrected chi connectivity index (χ0v) is 20.5. The molecule has 0 bridgehead atoms. The Labute approximate surface area is 201 Å². The summed E-state index contributed by atoms with van der Waals surface area (Å²) in [5.74, 6) is -0.0867. The van der Waals surface area contributed by atoms with E-state index in [0.29, 0.717) is 39.3 Å². The van der Waals surface area contributed by atoms with Crippen LogP contribution >= 0.6 is 11.3 Å². The molecule has 174 valence electrons. The van der Waals surface area contributed by atoms with Crippen LogP contribution in [0, 0.1) is 6.92 Å². The molecular weight excluding hydrogens is 450 g/mol. The molecule has 0 saturated carbocycles. The molecule has 7 nitrogen and oxygen atoms in total. The second kappa shape index (κ2) is 9.32. The van der Waals surface area contributed by atoms with E-state index in [1.165, 1.54) is 23.2 Å². The second-order valence-corrected chi connectivity index (χ2v) is 9.26. The number of aromatic nitrogens is 1. The molecule has 2 amide bonds. The fourth-order valence-corrected chi connectivity index (χ4v) is 5.34. The molecular formula is C26H25N3O4S. The van der Waals surface area contributed by atoms with E-state index in [4.69, 9.17) is 4.74 Å². The molecule has 1 N–H and O–H groups in total. The van der Waals surface area contributed by atoms with Gasteiger partial charge in [-0.3, -0.25) is 14.4 Å². The molecule has 0 saturated heterocycles. The first-order valence-electron chi connectivity index (χ1n) is 10.7. The SMILES string of the molecule is COCc1ccc(C(C)=O)c2sc(C(=O)Nc3ccc4c(C(=O)N(C)C)cccc4n3)c(C)c12. The number of methoxy groups -OCH3 is 1. The van der Waals surface area contributed by atoms with Crippen LogP contribution in [-0.4, -0.2) is 48.7 Å². The van der Waals surface area contributed by atoms with Crippen LogP contribution in [0.1, 0.15) is 48.4 Å². The average Bonchev–Trinajstić information content (AvgIpc) is 3.15. The van der Waals surface area contributed by atoms with Gasteiger partial charge in [-0.2, -0.15) is 0 Å². The van der Waals surface area contributed by atoms with Crippen molar-refractivity contribution < 1.29 is 19.1 Å². The van der Waals surface area contributed by atoms with E-state index in [0.717, 1.165) is 21.2 Å². The zero-order chi connectivity index (χ0) is 24.6. The summed E-state index contributed by atoms with van der Waals surface area (Å²) >= 11 is 1.29. The second-order valence-electron chi connectivity index (χ2n) is 8.24. The summed E-state index contributed by atoms with van der Waals surface area (Å²) in [6.45, 7) is 3.78. The highest BCUT2D eigenvalue weighted by molar-refractivity contribution is 7.21. The van der Waals surface area contributed by atoms with Crippen molar-refractivity contribution in [3.05, 3.63) is 69.6 Å². The minimum absolute atomic E-state index is 0.0542. The number of anilines is 1. The normalized spacial score (nSPS) is 11.1. The van der Waals surface area contributed by atoms with Crippen molar-refractivity contribution in [2.24, 2.45) is 0 Å². The zero-order valence-electron chi connectivity index (χ0n) is 19.7. The molecule has 0 aliphatic heterocycles. The number of nitrogens with one attached hydrogen (secondary N) is 1. The van der Waals surface area contributed by atoms with Crippen molar-refractivity contribution in [3.8, 4) is 0 Å². The molecule has 0 atom stereocenters. The number of benzene rings is 2. The van der Waals surface area contributed by atoms with Crippen molar-refractivity contribution >= 4 is 55.7 Å². The van der Waals surface area contributed by atoms with Crippen LogP contribution in [-0.2, 0) is 11.3 Å². The molecule has 34 heavy (non-hydrogen) atoms. The number of carbonyl (C=O) groups excluding carboxylic acids is 3. The number of thiophene rings is 1. The maximum atomic E-state index is 13.2. The maximum Gasteiger partial charge on any atom is 0.267 e. The topological polar surface area (TPSA) is 88.6 Å². The minimum Gasteiger partial charge on any atom is -0.380 e. The summed E-state index contributed by atoms with van der Waals surface area (Å²) in [6, 6.07) is 12.5. The standard InChI is InChI=1S/C26H25N3O4S/c1-14-22-16(13-33-5)9-10-17(15(2)30)24(22)34-23(14)25(31)28-21-12-11-18-19(26(32)29(3)4)7-6-8-20(18)27-21/h6-12H,13H2,1-5H3,(H,27,28,31). The number of pyridine rings is 1. The van der Waals surface area contributed by atoms with Crippen LogP contribution in [0.15, 0.2) is 42.5 Å². The molecule has 0 aliphatic rings. The highest BCUT2D eigenvalue weighted by Gasteiger charge is 2.22.